The van der Waals surface area contributed by atoms with Crippen molar-refractivity contribution in [1.82, 2.24) is 0 Å². The molecule has 0 aromatic carbocycles. The minimum atomic E-state index is -0.775. The molecular formula is C11H19F. The lowest BCUT2D eigenvalue weighted by molar-refractivity contribution is 0.424. The molecule has 0 N–H and O–H groups in total. The number of halogens is 1. The van der Waals surface area contributed by atoms with Crippen LogP contribution in [0.25, 0.3) is 0 Å². The van der Waals surface area contributed by atoms with Gasteiger partial charge in [-0.15, -0.1) is 0 Å². The molecule has 0 nitrogen and oxygen atoms in total. The third kappa shape index (κ3) is 3.38. The highest BCUT2D eigenvalue weighted by atomic mass is 19.1. The van der Waals surface area contributed by atoms with Gasteiger partial charge in [-0.05, 0) is 38.0 Å². The van der Waals surface area contributed by atoms with E-state index in [4.69, 9.17) is 0 Å². The maximum atomic E-state index is 12.5. The summed E-state index contributed by atoms with van der Waals surface area (Å²) in [6.45, 7) is 3.79. The molecule has 70 valence electrons. The molecule has 1 aliphatic rings. The van der Waals surface area contributed by atoms with Crippen LogP contribution in [0.15, 0.2) is 12.2 Å². The lowest BCUT2D eigenvalue weighted by Crippen LogP contribution is -1.99. The Bertz CT molecular complexity index is 145. The van der Waals surface area contributed by atoms with E-state index >= 15 is 0 Å². The van der Waals surface area contributed by atoms with Gasteiger partial charge in [0.1, 0.15) is 6.17 Å². The van der Waals surface area contributed by atoms with E-state index in [0.717, 1.165) is 5.92 Å². The van der Waals surface area contributed by atoms with Crippen LogP contribution in [0.2, 0.25) is 0 Å². The fraction of sp³-hybridized carbons (Fsp3) is 0.818. The maximum absolute atomic E-state index is 12.5. The van der Waals surface area contributed by atoms with Gasteiger partial charge < -0.3 is 0 Å². The second-order valence-corrected chi connectivity index (χ2v) is 3.85. The Hall–Kier alpha value is -0.330. The quantitative estimate of drug-likeness (QED) is 0.551. The van der Waals surface area contributed by atoms with Gasteiger partial charge in [0.25, 0.3) is 0 Å². The van der Waals surface area contributed by atoms with E-state index in [2.05, 4.69) is 13.0 Å². The van der Waals surface area contributed by atoms with Gasteiger partial charge in [-0.2, -0.15) is 0 Å². The van der Waals surface area contributed by atoms with Crippen LogP contribution in [-0.4, -0.2) is 6.17 Å². The van der Waals surface area contributed by atoms with Crippen LogP contribution in [0.4, 0.5) is 4.39 Å². The highest BCUT2D eigenvalue weighted by Crippen LogP contribution is 2.39. The van der Waals surface area contributed by atoms with Gasteiger partial charge in [0.15, 0.2) is 0 Å². The molecule has 0 bridgehead atoms. The molecule has 0 radical (unpaired) electrons. The smallest absolute Gasteiger partial charge is 0.115 e. The standard InChI is InChI=1S/C11H19F/c1-3-4-10(11-7-8-11)6-5-9(2)12/h5-6,9-11H,3-4,7-8H2,1-2H3. The summed E-state index contributed by atoms with van der Waals surface area (Å²) in [5.41, 5.74) is 0. The number of allylic oxidation sites excluding steroid dienone is 2. The van der Waals surface area contributed by atoms with Gasteiger partial charge >= 0.3 is 0 Å². The topological polar surface area (TPSA) is 0 Å². The first kappa shape index (κ1) is 9.76. The first-order chi connectivity index (χ1) is 5.74. The Morgan fingerprint density at radius 2 is 2.08 bits per heavy atom. The Labute approximate surface area is 74.9 Å². The van der Waals surface area contributed by atoms with Gasteiger partial charge in [-0.3, -0.25) is 0 Å². The molecule has 1 saturated carbocycles. The Balaban J connectivity index is 2.31. The molecule has 1 fully saturated rings. The largest absolute Gasteiger partial charge is 0.243 e. The van der Waals surface area contributed by atoms with E-state index in [0.29, 0.717) is 5.92 Å². The zero-order valence-corrected chi connectivity index (χ0v) is 8.09. The number of rotatable bonds is 5. The van der Waals surface area contributed by atoms with Crippen molar-refractivity contribution in [3.8, 4) is 0 Å². The van der Waals surface area contributed by atoms with Gasteiger partial charge in [-0.1, -0.05) is 25.5 Å². The van der Waals surface area contributed by atoms with Crippen molar-refractivity contribution in [2.24, 2.45) is 11.8 Å². The average Bonchev–Trinajstić information content (AvgIpc) is 2.79. The van der Waals surface area contributed by atoms with Crippen LogP contribution in [0, 0.1) is 11.8 Å². The molecule has 0 spiro atoms. The zero-order chi connectivity index (χ0) is 8.97. The first-order valence-electron chi connectivity index (χ1n) is 5.06. The molecule has 2 atom stereocenters. The van der Waals surface area contributed by atoms with Crippen LogP contribution in [0.1, 0.15) is 39.5 Å². The Morgan fingerprint density at radius 3 is 2.50 bits per heavy atom. The summed E-state index contributed by atoms with van der Waals surface area (Å²) >= 11 is 0. The van der Waals surface area contributed by atoms with Crippen LogP contribution in [0.5, 0.6) is 0 Å². The maximum Gasteiger partial charge on any atom is 0.115 e. The van der Waals surface area contributed by atoms with E-state index in [9.17, 15) is 4.39 Å². The molecule has 0 saturated heterocycles. The van der Waals surface area contributed by atoms with Crippen LogP contribution >= 0.6 is 0 Å². The second-order valence-electron chi connectivity index (χ2n) is 3.85. The second kappa shape index (κ2) is 4.64. The number of hydrogen-bond acceptors (Lipinski definition) is 0. The minimum Gasteiger partial charge on any atom is -0.243 e. The molecule has 12 heavy (non-hydrogen) atoms. The highest BCUT2D eigenvalue weighted by Gasteiger charge is 2.28. The summed E-state index contributed by atoms with van der Waals surface area (Å²) in [6, 6.07) is 0. The molecule has 0 amide bonds. The molecule has 1 heteroatoms. The summed E-state index contributed by atoms with van der Waals surface area (Å²) in [7, 11) is 0. The van der Waals surface area contributed by atoms with Crippen molar-refractivity contribution >= 4 is 0 Å². The van der Waals surface area contributed by atoms with Crippen molar-refractivity contribution in [3.63, 3.8) is 0 Å². The van der Waals surface area contributed by atoms with Gasteiger partial charge in [0, 0.05) is 0 Å². The molecule has 0 heterocycles. The van der Waals surface area contributed by atoms with E-state index in [1.807, 2.05) is 0 Å². The fourth-order valence-electron chi connectivity index (χ4n) is 1.64. The van der Waals surface area contributed by atoms with Crippen molar-refractivity contribution in [2.45, 2.75) is 45.7 Å². The van der Waals surface area contributed by atoms with Gasteiger partial charge in [0.2, 0.25) is 0 Å². The SMILES string of the molecule is CCCC(C=CC(C)F)C1CC1. The first-order valence-corrected chi connectivity index (χ1v) is 5.06. The average molecular weight is 170 g/mol. The summed E-state index contributed by atoms with van der Waals surface area (Å²) in [5.74, 6) is 1.54. The molecule has 0 aliphatic heterocycles. The van der Waals surface area contributed by atoms with Crippen molar-refractivity contribution in [1.29, 1.82) is 0 Å². The summed E-state index contributed by atoms with van der Waals surface area (Å²) in [6.07, 6.45) is 8.18. The monoisotopic (exact) mass is 170 g/mol. The number of hydrogen-bond donors (Lipinski definition) is 0. The Kier molecular flexibility index (Phi) is 3.77. The molecule has 0 aromatic rings. The third-order valence-electron chi connectivity index (χ3n) is 2.47. The van der Waals surface area contributed by atoms with Crippen molar-refractivity contribution in [2.75, 3.05) is 0 Å². The third-order valence-corrected chi connectivity index (χ3v) is 2.47. The summed E-state index contributed by atoms with van der Waals surface area (Å²) < 4.78 is 12.5. The predicted molar refractivity (Wildman–Crippen MR) is 50.8 cm³/mol. The fourth-order valence-corrected chi connectivity index (χ4v) is 1.64. The molecule has 1 aliphatic carbocycles. The van der Waals surface area contributed by atoms with E-state index in [-0.39, 0.29) is 0 Å². The normalized spacial score (nSPS) is 22.9. The van der Waals surface area contributed by atoms with E-state index < -0.39 is 6.17 Å². The summed E-state index contributed by atoms with van der Waals surface area (Å²) in [4.78, 5) is 0. The molecular weight excluding hydrogens is 151 g/mol. The van der Waals surface area contributed by atoms with Gasteiger partial charge in [-0.25, -0.2) is 4.39 Å². The lowest BCUT2D eigenvalue weighted by atomic mass is 9.97. The van der Waals surface area contributed by atoms with Crippen molar-refractivity contribution in [3.05, 3.63) is 12.2 Å². The Morgan fingerprint density at radius 1 is 1.42 bits per heavy atom. The molecule has 0 aromatic heterocycles. The van der Waals surface area contributed by atoms with E-state index in [1.165, 1.54) is 25.7 Å². The molecule has 2 unspecified atom stereocenters. The number of alkyl halides is 1. The van der Waals surface area contributed by atoms with Crippen LogP contribution in [0.3, 0.4) is 0 Å². The van der Waals surface area contributed by atoms with Crippen molar-refractivity contribution < 1.29 is 4.39 Å². The lowest BCUT2D eigenvalue weighted by Gasteiger charge is -2.09. The minimum absolute atomic E-state index is 0.660. The predicted octanol–water partition coefficient (Wildman–Crippen LogP) is 3.73. The van der Waals surface area contributed by atoms with E-state index in [1.54, 1.807) is 13.0 Å². The van der Waals surface area contributed by atoms with Crippen LogP contribution < -0.4 is 0 Å². The van der Waals surface area contributed by atoms with Crippen LogP contribution in [-0.2, 0) is 0 Å². The van der Waals surface area contributed by atoms with Gasteiger partial charge in [0.05, 0.1) is 0 Å². The molecule has 1 rings (SSSR count). The summed E-state index contributed by atoms with van der Waals surface area (Å²) in [5, 5.41) is 0. The highest BCUT2D eigenvalue weighted by molar-refractivity contribution is 4.98. The zero-order valence-electron chi connectivity index (χ0n) is 8.09.